The molecule has 0 aliphatic rings. The molecule has 1 atom stereocenters. The third-order valence-corrected chi connectivity index (χ3v) is 5.69. The standard InChI is InChI=1S/C20H23Br2N/c1-3-5-6-7-16(4-2)23-19-10-8-14(21)12-17(19)18-13-15(22)9-11-20(18)23/h8-13,16H,3-7H2,1-2H3. The van der Waals surface area contributed by atoms with Crippen LogP contribution in [0.3, 0.4) is 0 Å². The Kier molecular flexibility index (Phi) is 5.48. The van der Waals surface area contributed by atoms with E-state index in [1.54, 1.807) is 0 Å². The van der Waals surface area contributed by atoms with Crippen LogP contribution in [0.5, 0.6) is 0 Å². The zero-order chi connectivity index (χ0) is 16.4. The molecule has 0 aliphatic carbocycles. The summed E-state index contributed by atoms with van der Waals surface area (Å²) in [7, 11) is 0. The van der Waals surface area contributed by atoms with Crippen LogP contribution in [0.1, 0.15) is 52.0 Å². The summed E-state index contributed by atoms with van der Waals surface area (Å²) in [6, 6.07) is 13.9. The van der Waals surface area contributed by atoms with Gasteiger partial charge in [0.05, 0.1) is 0 Å². The lowest BCUT2D eigenvalue weighted by atomic mass is 10.1. The van der Waals surface area contributed by atoms with Crippen molar-refractivity contribution in [3.8, 4) is 0 Å². The molecule has 0 saturated carbocycles. The normalized spacial score (nSPS) is 13.0. The summed E-state index contributed by atoms with van der Waals surface area (Å²) >= 11 is 7.26. The van der Waals surface area contributed by atoms with Crippen molar-refractivity contribution in [2.45, 2.75) is 52.0 Å². The topological polar surface area (TPSA) is 4.93 Å². The zero-order valence-corrected chi connectivity index (χ0v) is 17.0. The molecule has 0 spiro atoms. The van der Waals surface area contributed by atoms with Gasteiger partial charge in [-0.1, -0.05) is 65.0 Å². The number of halogens is 2. The van der Waals surface area contributed by atoms with E-state index in [1.807, 2.05) is 0 Å². The first kappa shape index (κ1) is 17.0. The van der Waals surface area contributed by atoms with Crippen molar-refractivity contribution < 1.29 is 0 Å². The van der Waals surface area contributed by atoms with Gasteiger partial charge in [-0.3, -0.25) is 0 Å². The lowest BCUT2D eigenvalue weighted by molar-refractivity contribution is 0.451. The van der Waals surface area contributed by atoms with Crippen LogP contribution in [-0.4, -0.2) is 4.57 Å². The summed E-state index contributed by atoms with van der Waals surface area (Å²) < 4.78 is 4.85. The number of unbranched alkanes of at least 4 members (excludes halogenated alkanes) is 2. The lowest BCUT2D eigenvalue weighted by Gasteiger charge is -2.20. The molecule has 1 heterocycles. The van der Waals surface area contributed by atoms with Crippen LogP contribution in [0.25, 0.3) is 21.8 Å². The predicted molar refractivity (Wildman–Crippen MR) is 108 cm³/mol. The Morgan fingerprint density at radius 3 is 1.91 bits per heavy atom. The van der Waals surface area contributed by atoms with Crippen LogP contribution < -0.4 is 0 Å². The van der Waals surface area contributed by atoms with Gasteiger partial charge in [-0.2, -0.15) is 0 Å². The van der Waals surface area contributed by atoms with E-state index in [0.29, 0.717) is 6.04 Å². The van der Waals surface area contributed by atoms with E-state index in [1.165, 1.54) is 53.9 Å². The number of hydrogen-bond donors (Lipinski definition) is 0. The van der Waals surface area contributed by atoms with Crippen LogP contribution >= 0.6 is 31.9 Å². The fourth-order valence-corrected chi connectivity index (χ4v) is 4.26. The molecule has 3 heteroatoms. The van der Waals surface area contributed by atoms with Crippen molar-refractivity contribution >= 4 is 53.7 Å². The number of benzene rings is 2. The Morgan fingerprint density at radius 1 is 0.870 bits per heavy atom. The highest BCUT2D eigenvalue weighted by Crippen LogP contribution is 2.37. The molecule has 122 valence electrons. The zero-order valence-electron chi connectivity index (χ0n) is 13.8. The second-order valence-electron chi connectivity index (χ2n) is 6.25. The fraction of sp³-hybridized carbons (Fsp3) is 0.400. The third-order valence-electron chi connectivity index (χ3n) is 4.70. The van der Waals surface area contributed by atoms with Crippen molar-refractivity contribution in [2.24, 2.45) is 0 Å². The molecular weight excluding hydrogens is 414 g/mol. The minimum atomic E-state index is 0.573. The van der Waals surface area contributed by atoms with E-state index in [4.69, 9.17) is 0 Å². The van der Waals surface area contributed by atoms with E-state index in [-0.39, 0.29) is 0 Å². The van der Waals surface area contributed by atoms with Crippen molar-refractivity contribution in [3.05, 3.63) is 45.3 Å². The van der Waals surface area contributed by atoms with E-state index >= 15 is 0 Å². The number of nitrogens with zero attached hydrogens (tertiary/aromatic N) is 1. The second kappa shape index (κ2) is 7.40. The number of hydrogen-bond acceptors (Lipinski definition) is 0. The van der Waals surface area contributed by atoms with Crippen molar-refractivity contribution in [1.82, 2.24) is 4.57 Å². The summed E-state index contributed by atoms with van der Waals surface area (Å²) in [5.41, 5.74) is 2.70. The average molecular weight is 437 g/mol. The predicted octanol–water partition coefficient (Wildman–Crippen LogP) is 7.85. The van der Waals surface area contributed by atoms with Crippen molar-refractivity contribution in [1.29, 1.82) is 0 Å². The first-order valence-corrected chi connectivity index (χ1v) is 10.1. The SMILES string of the molecule is CCCCCC(CC)n1c2ccc(Br)cc2c2cc(Br)ccc21. The molecular formula is C20H23Br2N. The lowest BCUT2D eigenvalue weighted by Crippen LogP contribution is -2.07. The van der Waals surface area contributed by atoms with E-state index < -0.39 is 0 Å². The molecule has 0 saturated heterocycles. The van der Waals surface area contributed by atoms with Crippen LogP contribution in [0.2, 0.25) is 0 Å². The van der Waals surface area contributed by atoms with Crippen LogP contribution in [0.15, 0.2) is 45.3 Å². The Labute approximate surface area is 155 Å². The average Bonchev–Trinajstić information content (AvgIpc) is 2.85. The summed E-state index contributed by atoms with van der Waals surface area (Å²) in [4.78, 5) is 0. The van der Waals surface area contributed by atoms with E-state index in [9.17, 15) is 0 Å². The van der Waals surface area contributed by atoms with Gasteiger partial charge in [0.2, 0.25) is 0 Å². The molecule has 0 amide bonds. The summed E-state index contributed by atoms with van der Waals surface area (Å²) in [5, 5.41) is 2.68. The summed E-state index contributed by atoms with van der Waals surface area (Å²) in [6.07, 6.45) is 6.35. The van der Waals surface area contributed by atoms with Gasteiger partial charge in [0.15, 0.2) is 0 Å². The smallest absolute Gasteiger partial charge is 0.0494 e. The molecule has 0 N–H and O–H groups in total. The van der Waals surface area contributed by atoms with Gasteiger partial charge in [0.1, 0.15) is 0 Å². The van der Waals surface area contributed by atoms with Gasteiger partial charge in [-0.15, -0.1) is 0 Å². The van der Waals surface area contributed by atoms with Crippen LogP contribution in [-0.2, 0) is 0 Å². The quantitative estimate of drug-likeness (QED) is 0.346. The maximum Gasteiger partial charge on any atom is 0.0494 e. The van der Waals surface area contributed by atoms with Gasteiger partial charge in [0.25, 0.3) is 0 Å². The van der Waals surface area contributed by atoms with Gasteiger partial charge in [-0.25, -0.2) is 0 Å². The Balaban J connectivity index is 2.20. The summed E-state index contributed by atoms with van der Waals surface area (Å²) in [5.74, 6) is 0. The van der Waals surface area contributed by atoms with Gasteiger partial charge >= 0.3 is 0 Å². The maximum atomic E-state index is 3.63. The Morgan fingerprint density at radius 2 is 1.43 bits per heavy atom. The third kappa shape index (κ3) is 3.36. The number of rotatable bonds is 6. The highest BCUT2D eigenvalue weighted by Gasteiger charge is 2.17. The van der Waals surface area contributed by atoms with Gasteiger partial charge in [0, 0.05) is 36.8 Å². The Hall–Kier alpha value is -0.800. The van der Waals surface area contributed by atoms with Crippen molar-refractivity contribution in [2.75, 3.05) is 0 Å². The Bertz CT molecular complexity index is 760. The second-order valence-corrected chi connectivity index (χ2v) is 8.08. The number of aromatic nitrogens is 1. The molecule has 1 aromatic heterocycles. The largest absolute Gasteiger partial charge is 0.337 e. The molecule has 0 radical (unpaired) electrons. The van der Waals surface area contributed by atoms with E-state index in [2.05, 4.69) is 86.7 Å². The maximum absolute atomic E-state index is 3.63. The molecule has 1 unspecified atom stereocenters. The van der Waals surface area contributed by atoms with Crippen LogP contribution in [0, 0.1) is 0 Å². The van der Waals surface area contributed by atoms with Gasteiger partial charge in [-0.05, 0) is 49.2 Å². The fourth-order valence-electron chi connectivity index (χ4n) is 3.54. The molecule has 0 bridgehead atoms. The number of fused-ring (bicyclic) bond motifs is 3. The highest BCUT2D eigenvalue weighted by molar-refractivity contribution is 9.10. The minimum absolute atomic E-state index is 0.573. The molecule has 0 fully saturated rings. The first-order valence-electron chi connectivity index (χ1n) is 8.54. The molecule has 3 aromatic rings. The molecule has 3 rings (SSSR count). The molecule has 0 aliphatic heterocycles. The van der Waals surface area contributed by atoms with Gasteiger partial charge < -0.3 is 4.57 Å². The molecule has 2 aromatic carbocycles. The highest BCUT2D eigenvalue weighted by atomic mass is 79.9. The van der Waals surface area contributed by atoms with Crippen LogP contribution in [0.4, 0.5) is 0 Å². The molecule has 23 heavy (non-hydrogen) atoms. The first-order chi connectivity index (χ1) is 11.2. The molecule has 1 nitrogen and oxygen atoms in total. The van der Waals surface area contributed by atoms with Crippen molar-refractivity contribution in [3.63, 3.8) is 0 Å². The summed E-state index contributed by atoms with van der Waals surface area (Å²) in [6.45, 7) is 4.59. The van der Waals surface area contributed by atoms with E-state index in [0.717, 1.165) is 8.95 Å². The minimum Gasteiger partial charge on any atom is -0.337 e. The monoisotopic (exact) mass is 435 g/mol.